The molecule has 7 heteroatoms. The van der Waals surface area contributed by atoms with Crippen LogP contribution < -0.4 is 5.32 Å². The molecule has 2 saturated heterocycles. The average molecular weight is 364 g/mol. The van der Waals surface area contributed by atoms with Crippen LogP contribution in [0.1, 0.15) is 36.1 Å². The summed E-state index contributed by atoms with van der Waals surface area (Å²) in [6, 6.07) is 0. The Bertz CT molecular complexity index is 522. The van der Waals surface area contributed by atoms with Crippen LogP contribution in [0.3, 0.4) is 0 Å². The van der Waals surface area contributed by atoms with Gasteiger partial charge in [0, 0.05) is 37.0 Å². The van der Waals surface area contributed by atoms with Gasteiger partial charge in [-0.15, -0.1) is 24.8 Å². The van der Waals surface area contributed by atoms with Crippen molar-refractivity contribution in [2.45, 2.75) is 39.3 Å². The Labute approximate surface area is 150 Å². The van der Waals surface area contributed by atoms with Crippen LogP contribution in [-0.2, 0) is 13.2 Å². The van der Waals surface area contributed by atoms with E-state index < -0.39 is 0 Å². The smallest absolute Gasteiger partial charge is 0.141 e. The molecule has 0 saturated carbocycles. The van der Waals surface area contributed by atoms with Gasteiger partial charge >= 0.3 is 0 Å². The molecule has 2 aliphatic rings. The predicted octanol–water partition coefficient (Wildman–Crippen LogP) is 2.01. The number of piperidine rings is 1. The van der Waals surface area contributed by atoms with E-state index in [1.54, 1.807) is 13.1 Å². The average Bonchev–Trinajstić information content (AvgIpc) is 2.87. The third-order valence-electron chi connectivity index (χ3n) is 5.06. The molecule has 1 spiro atoms. The molecule has 2 fully saturated rings. The minimum absolute atomic E-state index is 0. The summed E-state index contributed by atoms with van der Waals surface area (Å²) in [4.78, 5) is 6.53. The van der Waals surface area contributed by atoms with Gasteiger partial charge in [-0.25, -0.2) is 0 Å². The number of halogens is 2. The van der Waals surface area contributed by atoms with E-state index >= 15 is 0 Å². The summed E-state index contributed by atoms with van der Waals surface area (Å²) in [7, 11) is 0. The zero-order chi connectivity index (χ0) is 14.9. The van der Waals surface area contributed by atoms with E-state index in [-0.39, 0.29) is 37.2 Å². The van der Waals surface area contributed by atoms with Gasteiger partial charge in [-0.2, -0.15) is 0 Å². The van der Waals surface area contributed by atoms with Crippen molar-refractivity contribution in [2.24, 2.45) is 5.41 Å². The number of pyridine rings is 1. The number of aliphatic hydroxyl groups excluding tert-OH is 1. The van der Waals surface area contributed by atoms with Crippen molar-refractivity contribution >= 4 is 24.8 Å². The second-order valence-corrected chi connectivity index (χ2v) is 6.60. The van der Waals surface area contributed by atoms with E-state index in [0.717, 1.165) is 37.3 Å². The lowest BCUT2D eigenvalue weighted by atomic mass is 9.80. The number of hydrogen-bond donors (Lipinski definition) is 3. The van der Waals surface area contributed by atoms with E-state index in [9.17, 15) is 10.2 Å². The lowest BCUT2D eigenvalue weighted by molar-refractivity contribution is 0.197. The highest BCUT2D eigenvalue weighted by atomic mass is 35.5. The zero-order valence-electron chi connectivity index (χ0n) is 13.5. The van der Waals surface area contributed by atoms with Crippen LogP contribution in [0, 0.1) is 12.3 Å². The molecule has 132 valence electrons. The molecule has 0 aliphatic carbocycles. The monoisotopic (exact) mass is 363 g/mol. The molecule has 5 nitrogen and oxygen atoms in total. The maximum Gasteiger partial charge on any atom is 0.141 e. The third-order valence-corrected chi connectivity index (χ3v) is 5.06. The van der Waals surface area contributed by atoms with E-state index in [0.29, 0.717) is 17.7 Å². The Hall–Kier alpha value is -0.590. The number of nitrogens with one attached hydrogen (secondary N) is 1. The largest absolute Gasteiger partial charge is 0.506 e. The molecule has 1 aromatic heterocycles. The first-order valence-electron chi connectivity index (χ1n) is 7.84. The molecule has 3 heterocycles. The molecule has 3 N–H and O–H groups in total. The lowest BCUT2D eigenvalue weighted by Gasteiger charge is -2.34. The second-order valence-electron chi connectivity index (χ2n) is 6.60. The second kappa shape index (κ2) is 8.49. The Balaban J connectivity index is 0.00000132. The summed E-state index contributed by atoms with van der Waals surface area (Å²) < 4.78 is 0. The number of aromatic hydroxyl groups is 1. The normalized spacial score (nSPS) is 24.3. The van der Waals surface area contributed by atoms with Crippen molar-refractivity contribution < 1.29 is 10.2 Å². The molecule has 1 unspecified atom stereocenters. The number of aromatic nitrogens is 1. The highest BCUT2D eigenvalue weighted by molar-refractivity contribution is 5.85. The summed E-state index contributed by atoms with van der Waals surface area (Å²) in [5.74, 6) is 0.240. The quantitative estimate of drug-likeness (QED) is 0.766. The molecule has 0 aromatic carbocycles. The SMILES string of the molecule is Cc1ncc(CO)c(CN2CCC3(CCCNC3)C2)c1O.Cl.Cl. The van der Waals surface area contributed by atoms with Gasteiger partial charge in [0.25, 0.3) is 0 Å². The van der Waals surface area contributed by atoms with Gasteiger partial charge in [0.2, 0.25) is 0 Å². The van der Waals surface area contributed by atoms with Crippen LogP contribution in [-0.4, -0.2) is 46.3 Å². The van der Waals surface area contributed by atoms with Crippen molar-refractivity contribution in [1.82, 2.24) is 15.2 Å². The van der Waals surface area contributed by atoms with Crippen molar-refractivity contribution in [3.8, 4) is 5.75 Å². The fourth-order valence-electron chi connectivity index (χ4n) is 3.76. The fourth-order valence-corrected chi connectivity index (χ4v) is 3.76. The molecule has 2 aliphatic heterocycles. The molecule has 23 heavy (non-hydrogen) atoms. The molecule has 0 amide bonds. The molecule has 0 bridgehead atoms. The van der Waals surface area contributed by atoms with Gasteiger partial charge < -0.3 is 15.5 Å². The maximum atomic E-state index is 10.3. The van der Waals surface area contributed by atoms with E-state index in [4.69, 9.17) is 0 Å². The number of likely N-dealkylation sites (tertiary alicyclic amines) is 1. The Morgan fingerprint density at radius 3 is 2.78 bits per heavy atom. The highest BCUT2D eigenvalue weighted by Gasteiger charge is 2.39. The highest BCUT2D eigenvalue weighted by Crippen LogP contribution is 2.38. The first-order valence-corrected chi connectivity index (χ1v) is 7.84. The molecule has 1 aromatic rings. The van der Waals surface area contributed by atoms with Crippen molar-refractivity contribution in [1.29, 1.82) is 0 Å². The van der Waals surface area contributed by atoms with Gasteiger partial charge in [-0.1, -0.05) is 0 Å². The molecular formula is C16H27Cl2N3O2. The van der Waals surface area contributed by atoms with Crippen LogP contribution in [0.4, 0.5) is 0 Å². The molecule has 3 rings (SSSR count). The molecular weight excluding hydrogens is 337 g/mol. The minimum atomic E-state index is -0.0727. The van der Waals surface area contributed by atoms with Crippen LogP contribution >= 0.6 is 24.8 Å². The van der Waals surface area contributed by atoms with Gasteiger partial charge in [0.05, 0.1) is 12.3 Å². The summed E-state index contributed by atoms with van der Waals surface area (Å²) in [5.41, 5.74) is 2.62. The summed E-state index contributed by atoms with van der Waals surface area (Å²) in [6.45, 7) is 6.82. The van der Waals surface area contributed by atoms with Gasteiger partial charge in [0.15, 0.2) is 0 Å². The molecule has 1 atom stereocenters. The van der Waals surface area contributed by atoms with E-state index in [1.807, 2.05) is 0 Å². The minimum Gasteiger partial charge on any atom is -0.506 e. The van der Waals surface area contributed by atoms with Crippen molar-refractivity contribution in [2.75, 3.05) is 26.2 Å². The molecule has 0 radical (unpaired) electrons. The number of aliphatic hydroxyl groups is 1. The van der Waals surface area contributed by atoms with Crippen LogP contribution in [0.2, 0.25) is 0 Å². The van der Waals surface area contributed by atoms with Crippen LogP contribution in [0.5, 0.6) is 5.75 Å². The first-order chi connectivity index (χ1) is 10.1. The van der Waals surface area contributed by atoms with E-state index in [1.165, 1.54) is 19.3 Å². The van der Waals surface area contributed by atoms with Gasteiger partial charge in [-0.05, 0) is 44.7 Å². The van der Waals surface area contributed by atoms with Gasteiger partial charge in [0.1, 0.15) is 5.75 Å². The zero-order valence-corrected chi connectivity index (χ0v) is 15.2. The van der Waals surface area contributed by atoms with Gasteiger partial charge in [-0.3, -0.25) is 9.88 Å². The maximum absolute atomic E-state index is 10.3. The number of aryl methyl sites for hydroxylation is 1. The van der Waals surface area contributed by atoms with Crippen molar-refractivity contribution in [3.05, 3.63) is 23.0 Å². The topological polar surface area (TPSA) is 68.6 Å². The summed E-state index contributed by atoms with van der Waals surface area (Å²) >= 11 is 0. The summed E-state index contributed by atoms with van der Waals surface area (Å²) in [6.07, 6.45) is 5.46. The Morgan fingerprint density at radius 2 is 2.13 bits per heavy atom. The van der Waals surface area contributed by atoms with Crippen LogP contribution in [0.15, 0.2) is 6.20 Å². The number of nitrogens with zero attached hydrogens (tertiary/aromatic N) is 2. The Morgan fingerprint density at radius 1 is 1.35 bits per heavy atom. The van der Waals surface area contributed by atoms with Crippen molar-refractivity contribution in [3.63, 3.8) is 0 Å². The van der Waals surface area contributed by atoms with E-state index in [2.05, 4.69) is 15.2 Å². The number of hydrogen-bond acceptors (Lipinski definition) is 5. The summed E-state index contributed by atoms with van der Waals surface area (Å²) in [5, 5.41) is 23.2. The predicted molar refractivity (Wildman–Crippen MR) is 95.5 cm³/mol. The number of rotatable bonds is 3. The van der Waals surface area contributed by atoms with Crippen LogP contribution in [0.25, 0.3) is 0 Å². The fraction of sp³-hybridized carbons (Fsp3) is 0.688. The first kappa shape index (κ1) is 20.5. The third kappa shape index (κ3) is 4.28. The Kier molecular flexibility index (Phi) is 7.55. The lowest BCUT2D eigenvalue weighted by Crippen LogP contribution is -2.41. The standard InChI is InChI=1S/C16H25N3O2.2ClH/c1-12-15(21)14(13(9-20)7-18-12)8-19-6-4-16(11-19)3-2-5-17-10-16;;/h7,17,20-21H,2-6,8-11H2,1H3;2*1H.